The first kappa shape index (κ1) is 13.5. The Morgan fingerprint density at radius 2 is 1.95 bits per heavy atom. The first-order chi connectivity index (χ1) is 9.13. The third-order valence-corrected chi connectivity index (χ3v) is 2.92. The fourth-order valence-corrected chi connectivity index (χ4v) is 2.02. The molecule has 98 valence electrons. The Bertz CT molecular complexity index is 589. The number of hydrogen-bond acceptors (Lipinski definition) is 1. The number of halogens is 2. The van der Waals surface area contributed by atoms with Crippen LogP contribution in [0.25, 0.3) is 0 Å². The van der Waals surface area contributed by atoms with Crippen molar-refractivity contribution < 1.29 is 9.18 Å². The van der Waals surface area contributed by atoms with Gasteiger partial charge in [-0.15, -0.1) is 0 Å². The van der Waals surface area contributed by atoms with Crippen LogP contribution in [0.5, 0.6) is 0 Å². The smallest absolute Gasteiger partial charge is 0.319 e. The SMILES string of the molecule is O=C(NCc1cccc(Br)c1)Nc1cccc(F)c1. The highest BCUT2D eigenvalue weighted by Crippen LogP contribution is 2.12. The van der Waals surface area contributed by atoms with Crippen molar-refractivity contribution in [2.24, 2.45) is 0 Å². The van der Waals surface area contributed by atoms with Crippen LogP contribution in [0.15, 0.2) is 53.0 Å². The number of carbonyl (C=O) groups excluding carboxylic acids is 1. The average Bonchev–Trinajstić information content (AvgIpc) is 2.36. The molecule has 0 aromatic heterocycles. The number of rotatable bonds is 3. The quantitative estimate of drug-likeness (QED) is 0.883. The molecule has 2 amide bonds. The molecule has 0 spiro atoms. The summed E-state index contributed by atoms with van der Waals surface area (Å²) in [7, 11) is 0. The minimum absolute atomic E-state index is 0.370. The molecule has 3 nitrogen and oxygen atoms in total. The Kier molecular flexibility index (Phi) is 4.52. The van der Waals surface area contributed by atoms with Crippen molar-refractivity contribution in [3.8, 4) is 0 Å². The van der Waals surface area contributed by atoms with Gasteiger partial charge in [-0.1, -0.05) is 34.1 Å². The number of urea groups is 1. The van der Waals surface area contributed by atoms with Gasteiger partial charge in [0.05, 0.1) is 0 Å². The van der Waals surface area contributed by atoms with Gasteiger partial charge in [-0.05, 0) is 35.9 Å². The number of benzene rings is 2. The van der Waals surface area contributed by atoms with Gasteiger partial charge in [-0.3, -0.25) is 0 Å². The second-order valence-electron chi connectivity index (χ2n) is 3.95. The van der Waals surface area contributed by atoms with Gasteiger partial charge in [0, 0.05) is 16.7 Å². The third kappa shape index (κ3) is 4.37. The van der Waals surface area contributed by atoms with E-state index in [0.29, 0.717) is 12.2 Å². The summed E-state index contributed by atoms with van der Waals surface area (Å²) in [6.45, 7) is 0.403. The van der Waals surface area contributed by atoms with Crippen LogP contribution in [0.4, 0.5) is 14.9 Å². The average molecular weight is 323 g/mol. The number of amides is 2. The van der Waals surface area contributed by atoms with Crippen LogP contribution in [0.3, 0.4) is 0 Å². The third-order valence-electron chi connectivity index (χ3n) is 2.42. The molecule has 0 aliphatic carbocycles. The molecule has 0 unspecified atom stereocenters. The van der Waals surface area contributed by atoms with Gasteiger partial charge in [-0.25, -0.2) is 9.18 Å². The van der Waals surface area contributed by atoms with Crippen molar-refractivity contribution in [3.63, 3.8) is 0 Å². The highest BCUT2D eigenvalue weighted by molar-refractivity contribution is 9.10. The number of anilines is 1. The summed E-state index contributed by atoms with van der Waals surface area (Å²) in [6, 6.07) is 13.0. The molecule has 0 saturated carbocycles. The lowest BCUT2D eigenvalue weighted by Crippen LogP contribution is -2.28. The van der Waals surface area contributed by atoms with E-state index in [1.807, 2.05) is 24.3 Å². The second kappa shape index (κ2) is 6.33. The molecule has 2 N–H and O–H groups in total. The van der Waals surface area contributed by atoms with E-state index in [0.717, 1.165) is 10.0 Å². The topological polar surface area (TPSA) is 41.1 Å². The normalized spacial score (nSPS) is 10.0. The molecular weight excluding hydrogens is 311 g/mol. The maximum absolute atomic E-state index is 12.9. The van der Waals surface area contributed by atoms with Crippen molar-refractivity contribution in [2.75, 3.05) is 5.32 Å². The first-order valence-electron chi connectivity index (χ1n) is 5.68. The van der Waals surface area contributed by atoms with Crippen LogP contribution in [-0.4, -0.2) is 6.03 Å². The Morgan fingerprint density at radius 3 is 2.68 bits per heavy atom. The molecule has 2 aromatic rings. The number of nitrogens with one attached hydrogen (secondary N) is 2. The lowest BCUT2D eigenvalue weighted by molar-refractivity contribution is 0.251. The van der Waals surface area contributed by atoms with Gasteiger partial charge in [0.2, 0.25) is 0 Å². The number of carbonyl (C=O) groups is 1. The molecule has 0 saturated heterocycles. The van der Waals surface area contributed by atoms with Crippen molar-refractivity contribution in [1.29, 1.82) is 0 Å². The van der Waals surface area contributed by atoms with Crippen LogP contribution in [0.2, 0.25) is 0 Å². The predicted octanol–water partition coefficient (Wildman–Crippen LogP) is 3.91. The Morgan fingerprint density at radius 1 is 1.16 bits per heavy atom. The lowest BCUT2D eigenvalue weighted by Gasteiger charge is -2.08. The Labute approximate surface area is 119 Å². The maximum atomic E-state index is 12.9. The number of hydrogen-bond donors (Lipinski definition) is 2. The summed E-state index contributed by atoms with van der Waals surface area (Å²) >= 11 is 3.36. The Hall–Kier alpha value is -1.88. The molecule has 19 heavy (non-hydrogen) atoms. The molecule has 0 aliphatic heterocycles. The van der Waals surface area contributed by atoms with Gasteiger partial charge < -0.3 is 10.6 Å². The van der Waals surface area contributed by atoms with Crippen molar-refractivity contribution in [2.45, 2.75) is 6.54 Å². The molecule has 0 atom stereocenters. The summed E-state index contributed by atoms with van der Waals surface area (Å²) in [6.07, 6.45) is 0. The van der Waals surface area contributed by atoms with E-state index >= 15 is 0 Å². The van der Waals surface area contributed by atoms with Gasteiger partial charge in [0.1, 0.15) is 5.82 Å². The van der Waals surface area contributed by atoms with E-state index in [2.05, 4.69) is 26.6 Å². The molecule has 5 heteroatoms. The van der Waals surface area contributed by atoms with Crippen molar-refractivity contribution in [3.05, 3.63) is 64.4 Å². The highest BCUT2D eigenvalue weighted by Gasteiger charge is 2.02. The van der Waals surface area contributed by atoms with Crippen LogP contribution in [-0.2, 0) is 6.54 Å². The van der Waals surface area contributed by atoms with Crippen LogP contribution >= 0.6 is 15.9 Å². The summed E-state index contributed by atoms with van der Waals surface area (Å²) in [4.78, 5) is 11.6. The Balaban J connectivity index is 1.88. The molecule has 0 radical (unpaired) electrons. The minimum atomic E-state index is -0.384. The van der Waals surface area contributed by atoms with Crippen molar-refractivity contribution >= 4 is 27.6 Å². The van der Waals surface area contributed by atoms with Gasteiger partial charge >= 0.3 is 6.03 Å². The molecular formula is C14H12BrFN2O. The monoisotopic (exact) mass is 322 g/mol. The summed E-state index contributed by atoms with van der Waals surface area (Å²) in [5.41, 5.74) is 1.40. The van der Waals surface area contributed by atoms with E-state index in [9.17, 15) is 9.18 Å². The van der Waals surface area contributed by atoms with E-state index in [1.165, 1.54) is 12.1 Å². The summed E-state index contributed by atoms with van der Waals surface area (Å²) in [5, 5.41) is 5.27. The van der Waals surface area contributed by atoms with Crippen molar-refractivity contribution in [1.82, 2.24) is 5.32 Å². The molecule has 0 bridgehead atoms. The largest absolute Gasteiger partial charge is 0.334 e. The molecule has 2 aromatic carbocycles. The minimum Gasteiger partial charge on any atom is -0.334 e. The summed E-state index contributed by atoms with van der Waals surface area (Å²) in [5.74, 6) is -0.384. The zero-order valence-electron chi connectivity index (χ0n) is 9.99. The van der Waals surface area contributed by atoms with E-state index in [1.54, 1.807) is 12.1 Å². The molecule has 2 rings (SSSR count). The predicted molar refractivity (Wildman–Crippen MR) is 76.4 cm³/mol. The van der Waals surface area contributed by atoms with E-state index in [-0.39, 0.29) is 11.8 Å². The van der Waals surface area contributed by atoms with Gasteiger partial charge in [0.25, 0.3) is 0 Å². The maximum Gasteiger partial charge on any atom is 0.319 e. The van der Waals surface area contributed by atoms with Gasteiger partial charge in [-0.2, -0.15) is 0 Å². The molecule has 0 fully saturated rings. The van der Waals surface area contributed by atoms with E-state index in [4.69, 9.17) is 0 Å². The van der Waals surface area contributed by atoms with E-state index < -0.39 is 0 Å². The standard InChI is InChI=1S/C14H12BrFN2O/c15-11-4-1-3-10(7-11)9-17-14(19)18-13-6-2-5-12(16)8-13/h1-8H,9H2,(H2,17,18,19). The zero-order chi connectivity index (χ0) is 13.7. The molecule has 0 heterocycles. The second-order valence-corrected chi connectivity index (χ2v) is 4.86. The first-order valence-corrected chi connectivity index (χ1v) is 6.47. The van der Waals surface area contributed by atoms with Crippen LogP contribution in [0, 0.1) is 5.82 Å². The summed E-state index contributed by atoms with van der Waals surface area (Å²) < 4.78 is 13.9. The zero-order valence-corrected chi connectivity index (χ0v) is 11.6. The fourth-order valence-electron chi connectivity index (χ4n) is 1.57. The fraction of sp³-hybridized carbons (Fsp3) is 0.0714. The van der Waals surface area contributed by atoms with Crippen LogP contribution in [0.1, 0.15) is 5.56 Å². The lowest BCUT2D eigenvalue weighted by atomic mass is 10.2. The molecule has 0 aliphatic rings. The highest BCUT2D eigenvalue weighted by atomic mass is 79.9. The van der Waals surface area contributed by atoms with Gasteiger partial charge in [0.15, 0.2) is 0 Å². The van der Waals surface area contributed by atoms with Crippen LogP contribution < -0.4 is 10.6 Å².